The molecule has 1 aliphatic rings. The Hall–Kier alpha value is -0.130. The zero-order valence-corrected chi connectivity index (χ0v) is 11.5. The summed E-state index contributed by atoms with van der Waals surface area (Å²) in [5, 5.41) is -0.287. The van der Waals surface area contributed by atoms with E-state index in [1.165, 1.54) is 6.26 Å². The first-order valence-electron chi connectivity index (χ1n) is 5.75. The summed E-state index contributed by atoms with van der Waals surface area (Å²) in [6.07, 6.45) is 1.99. The predicted molar refractivity (Wildman–Crippen MR) is 65.4 cm³/mol. The molecule has 0 saturated carbocycles. The van der Waals surface area contributed by atoms with Gasteiger partial charge in [0, 0.05) is 24.9 Å². The fourth-order valence-corrected chi connectivity index (χ4v) is 2.86. The van der Waals surface area contributed by atoms with E-state index in [0.29, 0.717) is 6.42 Å². The van der Waals surface area contributed by atoms with Crippen molar-refractivity contribution in [3.63, 3.8) is 0 Å². The third-order valence-electron chi connectivity index (χ3n) is 3.39. The molecule has 1 heterocycles. The first kappa shape index (κ1) is 13.9. The van der Waals surface area contributed by atoms with Crippen molar-refractivity contribution in [2.45, 2.75) is 38.0 Å². The maximum atomic E-state index is 11.4. The summed E-state index contributed by atoms with van der Waals surface area (Å²) in [5.74, 6) is 0. The quantitative estimate of drug-likeness (QED) is 0.743. The largest absolute Gasteiger partial charge is 0.379 e. The second-order valence-electron chi connectivity index (χ2n) is 5.26. The van der Waals surface area contributed by atoms with Crippen molar-refractivity contribution >= 4 is 9.84 Å². The molecule has 0 N–H and O–H groups in total. The van der Waals surface area contributed by atoms with Crippen molar-refractivity contribution in [2.24, 2.45) is 0 Å². The van der Waals surface area contributed by atoms with E-state index < -0.39 is 9.84 Å². The molecule has 1 rings (SSSR count). The molecule has 0 aliphatic carbocycles. The van der Waals surface area contributed by atoms with Gasteiger partial charge in [-0.1, -0.05) is 0 Å². The van der Waals surface area contributed by atoms with E-state index in [0.717, 1.165) is 26.3 Å². The van der Waals surface area contributed by atoms with Gasteiger partial charge in [-0.2, -0.15) is 0 Å². The summed E-state index contributed by atoms with van der Waals surface area (Å²) >= 11 is 0. The lowest BCUT2D eigenvalue weighted by Crippen LogP contribution is -2.51. The number of ether oxygens (including phenoxy) is 1. The molecule has 0 aromatic heterocycles. The van der Waals surface area contributed by atoms with E-state index in [1.807, 2.05) is 0 Å². The number of hydrogen-bond donors (Lipinski definition) is 0. The zero-order valence-electron chi connectivity index (χ0n) is 10.7. The molecule has 0 amide bonds. The van der Waals surface area contributed by atoms with Gasteiger partial charge in [0.25, 0.3) is 0 Å². The lowest BCUT2D eigenvalue weighted by molar-refractivity contribution is -0.0126. The average Bonchev–Trinajstić information content (AvgIpc) is 2.17. The maximum Gasteiger partial charge on any atom is 0.150 e. The molecular formula is C11H23NO3S. The van der Waals surface area contributed by atoms with Gasteiger partial charge in [0.05, 0.1) is 18.5 Å². The summed E-state index contributed by atoms with van der Waals surface area (Å²) in [6.45, 7) is 9.29. The fourth-order valence-electron chi connectivity index (χ4n) is 2.15. The Morgan fingerprint density at radius 3 is 2.25 bits per heavy atom. The second kappa shape index (κ2) is 5.02. The third-order valence-corrected chi connectivity index (χ3v) is 5.01. The number of rotatable bonds is 4. The van der Waals surface area contributed by atoms with Gasteiger partial charge in [-0.3, -0.25) is 4.90 Å². The molecule has 1 saturated heterocycles. The fraction of sp³-hybridized carbons (Fsp3) is 1.00. The monoisotopic (exact) mass is 249 g/mol. The molecule has 4 nitrogen and oxygen atoms in total. The summed E-state index contributed by atoms with van der Waals surface area (Å²) in [6, 6.07) is 0. The van der Waals surface area contributed by atoms with Gasteiger partial charge in [0.1, 0.15) is 9.84 Å². The molecule has 0 radical (unpaired) electrons. The van der Waals surface area contributed by atoms with Crippen molar-refractivity contribution in [3.8, 4) is 0 Å². The number of morpholine rings is 1. The van der Waals surface area contributed by atoms with Crippen LogP contribution in [0.5, 0.6) is 0 Å². The Balaban J connectivity index is 2.63. The van der Waals surface area contributed by atoms with Gasteiger partial charge in [-0.15, -0.1) is 0 Å². The van der Waals surface area contributed by atoms with Gasteiger partial charge < -0.3 is 4.74 Å². The smallest absolute Gasteiger partial charge is 0.150 e. The summed E-state index contributed by atoms with van der Waals surface area (Å²) < 4.78 is 28.2. The van der Waals surface area contributed by atoms with Crippen LogP contribution in [0.3, 0.4) is 0 Å². The summed E-state index contributed by atoms with van der Waals surface area (Å²) in [7, 11) is -2.93. The molecule has 96 valence electrons. The topological polar surface area (TPSA) is 46.6 Å². The molecule has 1 fully saturated rings. The Morgan fingerprint density at radius 2 is 1.81 bits per heavy atom. The van der Waals surface area contributed by atoms with Crippen LogP contribution in [-0.4, -0.2) is 56.7 Å². The highest BCUT2D eigenvalue weighted by Crippen LogP contribution is 2.24. The second-order valence-corrected chi connectivity index (χ2v) is 7.72. The summed E-state index contributed by atoms with van der Waals surface area (Å²) in [5.41, 5.74) is -0.0771. The van der Waals surface area contributed by atoms with Gasteiger partial charge in [-0.05, 0) is 27.2 Å². The molecule has 0 aromatic rings. The van der Waals surface area contributed by atoms with Crippen molar-refractivity contribution < 1.29 is 13.2 Å². The van der Waals surface area contributed by atoms with Crippen LogP contribution in [0.2, 0.25) is 0 Å². The average molecular weight is 249 g/mol. The lowest BCUT2D eigenvalue weighted by atomic mass is 9.96. The van der Waals surface area contributed by atoms with Crippen molar-refractivity contribution in [1.82, 2.24) is 4.90 Å². The van der Waals surface area contributed by atoms with Crippen molar-refractivity contribution in [3.05, 3.63) is 0 Å². The first-order chi connectivity index (χ1) is 7.23. The van der Waals surface area contributed by atoms with Gasteiger partial charge in [0.2, 0.25) is 0 Å². The van der Waals surface area contributed by atoms with Gasteiger partial charge in [-0.25, -0.2) is 8.42 Å². The normalized spacial score (nSPS) is 22.0. The SMILES string of the molecule is CC(CC(C)(C)N1CCOCC1)S(C)(=O)=O. The maximum absolute atomic E-state index is 11.4. The van der Waals surface area contributed by atoms with Crippen LogP contribution < -0.4 is 0 Å². The Morgan fingerprint density at radius 1 is 1.31 bits per heavy atom. The lowest BCUT2D eigenvalue weighted by Gasteiger charge is -2.42. The highest BCUT2D eigenvalue weighted by molar-refractivity contribution is 7.91. The molecule has 0 spiro atoms. The van der Waals surface area contributed by atoms with E-state index in [-0.39, 0.29) is 10.8 Å². The number of hydrogen-bond acceptors (Lipinski definition) is 4. The van der Waals surface area contributed by atoms with Crippen LogP contribution in [-0.2, 0) is 14.6 Å². The molecule has 1 aliphatic heterocycles. The number of nitrogens with zero attached hydrogens (tertiary/aromatic N) is 1. The summed E-state index contributed by atoms with van der Waals surface area (Å²) in [4.78, 5) is 2.32. The Labute approximate surface area is 98.9 Å². The van der Waals surface area contributed by atoms with E-state index in [9.17, 15) is 8.42 Å². The molecule has 1 unspecified atom stereocenters. The highest BCUT2D eigenvalue weighted by Gasteiger charge is 2.32. The minimum absolute atomic E-state index is 0.0771. The minimum atomic E-state index is -2.93. The van der Waals surface area contributed by atoms with E-state index in [4.69, 9.17) is 4.74 Å². The molecule has 0 bridgehead atoms. The first-order valence-corrected chi connectivity index (χ1v) is 7.70. The van der Waals surface area contributed by atoms with Crippen LogP contribution in [0.25, 0.3) is 0 Å². The molecule has 0 aromatic carbocycles. The van der Waals surface area contributed by atoms with Crippen LogP contribution in [0, 0.1) is 0 Å². The predicted octanol–water partition coefficient (Wildman–Crippen LogP) is 0.920. The number of sulfone groups is 1. The zero-order chi connectivity index (χ0) is 12.4. The van der Waals surface area contributed by atoms with Gasteiger partial charge >= 0.3 is 0 Å². The highest BCUT2D eigenvalue weighted by atomic mass is 32.2. The Kier molecular flexibility index (Phi) is 4.37. The van der Waals surface area contributed by atoms with Crippen molar-refractivity contribution in [1.29, 1.82) is 0 Å². The molecule has 1 atom stereocenters. The van der Waals surface area contributed by atoms with Crippen LogP contribution in [0.1, 0.15) is 27.2 Å². The van der Waals surface area contributed by atoms with E-state index in [1.54, 1.807) is 6.92 Å². The standard InChI is InChI=1S/C11H23NO3S/c1-10(16(4,13)14)9-11(2,3)12-5-7-15-8-6-12/h10H,5-9H2,1-4H3. The van der Waals surface area contributed by atoms with Crippen LogP contribution >= 0.6 is 0 Å². The van der Waals surface area contributed by atoms with E-state index >= 15 is 0 Å². The molecule has 16 heavy (non-hydrogen) atoms. The van der Waals surface area contributed by atoms with Crippen LogP contribution in [0.4, 0.5) is 0 Å². The molecule has 5 heteroatoms. The third kappa shape index (κ3) is 3.71. The molecular weight excluding hydrogens is 226 g/mol. The Bertz CT molecular complexity index is 318. The minimum Gasteiger partial charge on any atom is -0.379 e. The van der Waals surface area contributed by atoms with E-state index in [2.05, 4.69) is 18.7 Å². The van der Waals surface area contributed by atoms with Crippen molar-refractivity contribution in [2.75, 3.05) is 32.6 Å². The van der Waals surface area contributed by atoms with Crippen LogP contribution in [0.15, 0.2) is 0 Å². The van der Waals surface area contributed by atoms with Gasteiger partial charge in [0.15, 0.2) is 0 Å².